The molecule has 11 heteroatoms. The van der Waals surface area contributed by atoms with E-state index in [0.717, 1.165) is 11.3 Å². The average molecular weight is 465 g/mol. The molecule has 0 saturated heterocycles. The minimum atomic E-state index is -2.60. The summed E-state index contributed by atoms with van der Waals surface area (Å²) in [5.41, 5.74) is 2.56. The highest BCUT2D eigenvalue weighted by Gasteiger charge is 2.11. The molecule has 0 atom stereocenters. The number of hydrogen-bond acceptors (Lipinski definition) is 7. The second-order valence-corrected chi connectivity index (χ2v) is 7.14. The van der Waals surface area contributed by atoms with Crippen molar-refractivity contribution in [2.24, 2.45) is 0 Å². The van der Waals surface area contributed by atoms with Crippen LogP contribution in [0.4, 0.5) is 14.5 Å². The molecule has 0 aliphatic carbocycles. The van der Waals surface area contributed by atoms with Gasteiger partial charge in [0.1, 0.15) is 18.2 Å². The summed E-state index contributed by atoms with van der Waals surface area (Å²) >= 11 is 0. The second-order valence-electron chi connectivity index (χ2n) is 7.14. The maximum absolute atomic E-state index is 12.6. The Balaban J connectivity index is 1.34. The fourth-order valence-corrected chi connectivity index (χ4v) is 3.08. The predicted molar refractivity (Wildman–Crippen MR) is 120 cm³/mol. The summed E-state index contributed by atoms with van der Waals surface area (Å²) in [4.78, 5) is 24.9. The van der Waals surface area contributed by atoms with E-state index in [4.69, 9.17) is 4.74 Å². The number of pyridine rings is 2. The van der Waals surface area contributed by atoms with Gasteiger partial charge in [-0.05, 0) is 36.4 Å². The number of aromatic amines is 1. The molecule has 34 heavy (non-hydrogen) atoms. The number of nitrogens with one attached hydrogen (secondary N) is 3. The van der Waals surface area contributed by atoms with Gasteiger partial charge in [-0.15, -0.1) is 0 Å². The molecule has 3 aromatic heterocycles. The highest BCUT2D eigenvalue weighted by molar-refractivity contribution is 5.95. The standard InChI is InChI=1S/C23H21F2N7O2/c24-20(25)14-34-19-12-27-9-6-17(19)11-29-23(33)16-2-1-3-18(10-16)28-13-21-30-22(32-31-21)15-4-7-26-8-5-15/h1-10,12,20,28H,11,13-14H2,(H,29,33)(H,30,31,32). The largest absolute Gasteiger partial charge is 0.486 e. The van der Waals surface area contributed by atoms with E-state index in [1.165, 1.54) is 12.4 Å². The first kappa shape index (κ1) is 22.8. The Morgan fingerprint density at radius 3 is 2.71 bits per heavy atom. The van der Waals surface area contributed by atoms with Crippen LogP contribution in [0.25, 0.3) is 11.4 Å². The van der Waals surface area contributed by atoms with E-state index < -0.39 is 13.0 Å². The van der Waals surface area contributed by atoms with Crippen molar-refractivity contribution < 1.29 is 18.3 Å². The Kier molecular flexibility index (Phi) is 7.33. The van der Waals surface area contributed by atoms with Gasteiger partial charge in [-0.25, -0.2) is 13.8 Å². The van der Waals surface area contributed by atoms with Gasteiger partial charge in [0.15, 0.2) is 5.82 Å². The van der Waals surface area contributed by atoms with Crippen LogP contribution in [0, 0.1) is 0 Å². The minimum absolute atomic E-state index is 0.105. The molecule has 0 spiro atoms. The quantitative estimate of drug-likeness (QED) is 0.328. The van der Waals surface area contributed by atoms with Gasteiger partial charge in [-0.3, -0.25) is 19.9 Å². The molecule has 1 amide bonds. The topological polar surface area (TPSA) is 118 Å². The van der Waals surface area contributed by atoms with Crippen LogP contribution in [-0.2, 0) is 13.1 Å². The maximum Gasteiger partial charge on any atom is 0.272 e. The molecule has 0 aliphatic rings. The van der Waals surface area contributed by atoms with Crippen LogP contribution in [0.3, 0.4) is 0 Å². The molecule has 0 bridgehead atoms. The SMILES string of the molecule is O=C(NCc1ccncc1OCC(F)F)c1cccc(NCc2nc(-c3ccncc3)n[nH]2)c1. The molecule has 174 valence electrons. The van der Waals surface area contributed by atoms with Gasteiger partial charge in [-0.2, -0.15) is 5.10 Å². The summed E-state index contributed by atoms with van der Waals surface area (Å²) in [5, 5.41) is 13.1. The van der Waals surface area contributed by atoms with E-state index in [0.29, 0.717) is 29.3 Å². The van der Waals surface area contributed by atoms with Crippen molar-refractivity contribution in [1.29, 1.82) is 0 Å². The van der Waals surface area contributed by atoms with Crippen molar-refractivity contribution in [3.8, 4) is 17.1 Å². The van der Waals surface area contributed by atoms with Gasteiger partial charge >= 0.3 is 0 Å². The fraction of sp³-hybridized carbons (Fsp3) is 0.174. The van der Waals surface area contributed by atoms with Gasteiger partial charge in [0, 0.05) is 47.5 Å². The first-order valence-corrected chi connectivity index (χ1v) is 10.4. The molecule has 1 aromatic carbocycles. The number of halogens is 2. The van der Waals surface area contributed by atoms with Crippen LogP contribution in [0.5, 0.6) is 5.75 Å². The molecule has 0 unspecified atom stereocenters. The number of anilines is 1. The van der Waals surface area contributed by atoms with Crippen LogP contribution in [0.15, 0.2) is 67.3 Å². The molecule has 0 saturated carbocycles. The van der Waals surface area contributed by atoms with E-state index in [1.807, 2.05) is 18.2 Å². The third-order valence-electron chi connectivity index (χ3n) is 4.73. The molecular formula is C23H21F2N7O2. The molecule has 4 aromatic rings. The van der Waals surface area contributed by atoms with E-state index in [9.17, 15) is 13.6 Å². The third-order valence-corrected chi connectivity index (χ3v) is 4.73. The normalized spacial score (nSPS) is 10.8. The zero-order valence-electron chi connectivity index (χ0n) is 17.9. The van der Waals surface area contributed by atoms with Crippen molar-refractivity contribution in [3.63, 3.8) is 0 Å². The molecule has 0 radical (unpaired) electrons. The third kappa shape index (κ3) is 6.09. The van der Waals surface area contributed by atoms with Crippen LogP contribution < -0.4 is 15.4 Å². The number of ether oxygens (including phenoxy) is 1. The van der Waals surface area contributed by atoms with Crippen molar-refractivity contribution in [1.82, 2.24) is 30.5 Å². The summed E-state index contributed by atoms with van der Waals surface area (Å²) in [6.07, 6.45) is 3.60. The molecule has 0 fully saturated rings. The lowest BCUT2D eigenvalue weighted by molar-refractivity contribution is 0.0809. The molecular weight excluding hydrogens is 444 g/mol. The number of aromatic nitrogens is 5. The minimum Gasteiger partial charge on any atom is -0.486 e. The number of benzene rings is 1. The second kappa shape index (κ2) is 10.9. The maximum atomic E-state index is 12.6. The van der Waals surface area contributed by atoms with Crippen LogP contribution >= 0.6 is 0 Å². The van der Waals surface area contributed by atoms with E-state index in [-0.39, 0.29) is 18.2 Å². The lowest BCUT2D eigenvalue weighted by Crippen LogP contribution is -2.23. The van der Waals surface area contributed by atoms with Crippen molar-refractivity contribution >= 4 is 11.6 Å². The number of hydrogen-bond donors (Lipinski definition) is 3. The number of alkyl halides is 2. The summed E-state index contributed by atoms with van der Waals surface area (Å²) < 4.78 is 30.0. The lowest BCUT2D eigenvalue weighted by Gasteiger charge is -2.12. The number of amides is 1. The number of nitrogens with zero attached hydrogens (tertiary/aromatic N) is 4. The van der Waals surface area contributed by atoms with E-state index >= 15 is 0 Å². The van der Waals surface area contributed by atoms with Gasteiger partial charge in [-0.1, -0.05) is 6.07 Å². The van der Waals surface area contributed by atoms with Crippen molar-refractivity contribution in [2.75, 3.05) is 11.9 Å². The molecule has 9 nitrogen and oxygen atoms in total. The Bertz CT molecular complexity index is 1230. The Hall–Kier alpha value is -4.41. The van der Waals surface area contributed by atoms with Gasteiger partial charge in [0.05, 0.1) is 12.7 Å². The Morgan fingerprint density at radius 1 is 1.06 bits per heavy atom. The molecule has 0 aliphatic heterocycles. The molecule has 3 N–H and O–H groups in total. The number of carbonyl (C=O) groups excluding carboxylic acids is 1. The molecule has 3 heterocycles. The highest BCUT2D eigenvalue weighted by atomic mass is 19.3. The summed E-state index contributed by atoms with van der Waals surface area (Å²) in [6, 6.07) is 12.2. The van der Waals surface area contributed by atoms with Gasteiger partial charge in [0.2, 0.25) is 0 Å². The Morgan fingerprint density at radius 2 is 1.88 bits per heavy atom. The van der Waals surface area contributed by atoms with Crippen molar-refractivity contribution in [3.05, 3.63) is 84.2 Å². The van der Waals surface area contributed by atoms with E-state index in [1.54, 1.807) is 36.7 Å². The number of carbonyl (C=O) groups is 1. The smallest absolute Gasteiger partial charge is 0.272 e. The van der Waals surface area contributed by atoms with Gasteiger partial charge in [0.25, 0.3) is 12.3 Å². The predicted octanol–water partition coefficient (Wildman–Crippen LogP) is 3.45. The Labute approximate surface area is 193 Å². The lowest BCUT2D eigenvalue weighted by atomic mass is 10.1. The van der Waals surface area contributed by atoms with E-state index in [2.05, 4.69) is 35.8 Å². The average Bonchev–Trinajstić information content (AvgIpc) is 3.35. The van der Waals surface area contributed by atoms with Crippen LogP contribution in [-0.4, -0.2) is 44.1 Å². The highest BCUT2D eigenvalue weighted by Crippen LogP contribution is 2.18. The zero-order valence-corrected chi connectivity index (χ0v) is 17.9. The number of rotatable bonds is 10. The first-order valence-electron chi connectivity index (χ1n) is 10.4. The monoisotopic (exact) mass is 465 g/mol. The molecule has 4 rings (SSSR count). The van der Waals surface area contributed by atoms with Crippen LogP contribution in [0.2, 0.25) is 0 Å². The van der Waals surface area contributed by atoms with Gasteiger partial charge < -0.3 is 15.4 Å². The summed E-state index contributed by atoms with van der Waals surface area (Å²) in [5.74, 6) is 1.09. The zero-order chi connectivity index (χ0) is 23.8. The summed E-state index contributed by atoms with van der Waals surface area (Å²) in [7, 11) is 0. The first-order chi connectivity index (χ1) is 16.6. The van der Waals surface area contributed by atoms with Crippen molar-refractivity contribution in [2.45, 2.75) is 19.5 Å². The summed E-state index contributed by atoms with van der Waals surface area (Å²) in [6.45, 7) is -0.256. The fourth-order valence-electron chi connectivity index (χ4n) is 3.08. The number of H-pyrrole nitrogens is 1. The van der Waals surface area contributed by atoms with Crippen LogP contribution in [0.1, 0.15) is 21.7 Å².